The second-order valence-corrected chi connectivity index (χ2v) is 16.6. The van der Waals surface area contributed by atoms with Crippen molar-refractivity contribution in [2.45, 2.75) is 32.1 Å². The zero-order chi connectivity index (χ0) is 42.1. The Balaban J connectivity index is 0.893. The van der Waals surface area contributed by atoms with Gasteiger partial charge in [0.2, 0.25) is 0 Å². The molecule has 0 amide bonds. The fraction of sp³-hybridized carbons (Fsp3) is 0.0847. The monoisotopic (exact) mass is 808 g/mol. The molecule has 0 fully saturated rings. The molecular formula is C59H44N4. The quantitative estimate of drug-likeness (QED) is 0.144. The van der Waals surface area contributed by atoms with Crippen molar-refractivity contribution in [3.05, 3.63) is 229 Å². The zero-order valence-electron chi connectivity index (χ0n) is 35.1. The van der Waals surface area contributed by atoms with Crippen molar-refractivity contribution in [1.29, 1.82) is 0 Å². The lowest BCUT2D eigenvalue weighted by atomic mass is 9.90. The third-order valence-electron chi connectivity index (χ3n) is 12.5. The van der Waals surface area contributed by atoms with Crippen LogP contribution >= 0.6 is 0 Å². The molecule has 0 spiro atoms. The van der Waals surface area contributed by atoms with Gasteiger partial charge in [0.25, 0.3) is 0 Å². The molecule has 4 nitrogen and oxygen atoms in total. The van der Waals surface area contributed by atoms with E-state index in [1.807, 2.05) is 6.07 Å². The molecule has 6 aromatic carbocycles. The Bertz CT molecular complexity index is 3300. The molecule has 9 aromatic rings. The summed E-state index contributed by atoms with van der Waals surface area (Å²) in [6.07, 6.45) is 15.9. The summed E-state index contributed by atoms with van der Waals surface area (Å²) in [5.74, 6) is 1.04. The normalized spacial score (nSPS) is 14.8. The van der Waals surface area contributed by atoms with Gasteiger partial charge in [0.1, 0.15) is 0 Å². The molecule has 0 aliphatic heterocycles. The van der Waals surface area contributed by atoms with E-state index in [9.17, 15) is 0 Å². The molecule has 2 aliphatic carbocycles. The average Bonchev–Trinajstić information content (AvgIpc) is 3.37. The maximum atomic E-state index is 5.30. The van der Waals surface area contributed by atoms with Crippen LogP contribution in [0, 0.1) is 6.92 Å². The SMILES string of the molecule is Cc1cc(-c2cccc(-c3cccc(C4=CC=C(c5nc(-c6ccc(-c7ccccc7)cc6)cc(C6C=CC=CC6)n5)CC4)c3)c2)nc2c1ccc1ccc(-c3ccccc3)nc12. The molecule has 1 unspecified atom stereocenters. The van der Waals surface area contributed by atoms with Crippen LogP contribution in [0.5, 0.6) is 0 Å². The van der Waals surface area contributed by atoms with Gasteiger partial charge >= 0.3 is 0 Å². The number of hydrogen-bond acceptors (Lipinski definition) is 4. The van der Waals surface area contributed by atoms with Crippen molar-refractivity contribution in [2.75, 3.05) is 0 Å². The van der Waals surface area contributed by atoms with E-state index < -0.39 is 0 Å². The van der Waals surface area contributed by atoms with Gasteiger partial charge in [-0.05, 0) is 101 Å². The number of fused-ring (bicyclic) bond motifs is 3. The van der Waals surface area contributed by atoms with Gasteiger partial charge in [0.05, 0.1) is 33.8 Å². The number of benzene rings is 6. The van der Waals surface area contributed by atoms with Crippen LogP contribution in [-0.2, 0) is 0 Å². The number of allylic oxidation sites excluding steroid dienone is 8. The van der Waals surface area contributed by atoms with Gasteiger partial charge in [-0.15, -0.1) is 0 Å². The third kappa shape index (κ3) is 7.73. The Morgan fingerprint density at radius 3 is 1.78 bits per heavy atom. The molecule has 2 aliphatic rings. The molecule has 4 heteroatoms. The van der Waals surface area contributed by atoms with Crippen LogP contribution in [0.3, 0.4) is 0 Å². The lowest BCUT2D eigenvalue weighted by molar-refractivity contribution is 0.803. The fourth-order valence-electron chi connectivity index (χ4n) is 8.99. The molecule has 300 valence electrons. The molecular weight excluding hydrogens is 765 g/mol. The van der Waals surface area contributed by atoms with Crippen LogP contribution in [0.15, 0.2) is 206 Å². The highest BCUT2D eigenvalue weighted by Gasteiger charge is 2.19. The second kappa shape index (κ2) is 16.6. The summed E-state index contributed by atoms with van der Waals surface area (Å²) >= 11 is 0. The minimum atomic E-state index is 0.224. The molecule has 1 atom stereocenters. The standard InChI is InChI=1S/C59H44N4/c1-39-35-54(61-58-52(39)33-31-46-32-34-53(60-57(46)58)43-15-7-3-8-16-43)51-22-12-21-50(37-51)49-20-11-19-48(36-49)42-25-29-47(30-26-42)59-62-55(44-17-9-4-10-18-44)38-56(63-59)45-27-23-41(24-28-45)40-13-5-2-6-14-40/h2-17,19-25,27-29,31-38,44H,18,26,30H2,1H3. The fourth-order valence-corrected chi connectivity index (χ4v) is 8.99. The van der Waals surface area contributed by atoms with E-state index >= 15 is 0 Å². The summed E-state index contributed by atoms with van der Waals surface area (Å²) in [4.78, 5) is 20.9. The van der Waals surface area contributed by atoms with Gasteiger partial charge in [-0.3, -0.25) is 0 Å². The highest BCUT2D eigenvalue weighted by Crippen LogP contribution is 2.37. The summed E-state index contributed by atoms with van der Waals surface area (Å²) in [6, 6.07) is 60.3. The van der Waals surface area contributed by atoms with Crippen molar-refractivity contribution in [3.63, 3.8) is 0 Å². The van der Waals surface area contributed by atoms with Crippen molar-refractivity contribution >= 4 is 33.0 Å². The summed E-state index contributed by atoms with van der Waals surface area (Å²) in [6.45, 7) is 2.17. The van der Waals surface area contributed by atoms with Gasteiger partial charge in [0, 0.05) is 33.4 Å². The zero-order valence-corrected chi connectivity index (χ0v) is 35.1. The average molecular weight is 809 g/mol. The lowest BCUT2D eigenvalue weighted by Crippen LogP contribution is -2.07. The number of pyridine rings is 2. The van der Waals surface area contributed by atoms with Gasteiger partial charge in [-0.1, -0.05) is 176 Å². The smallest absolute Gasteiger partial charge is 0.156 e. The maximum Gasteiger partial charge on any atom is 0.156 e. The predicted octanol–water partition coefficient (Wildman–Crippen LogP) is 15.1. The third-order valence-corrected chi connectivity index (χ3v) is 12.5. The first-order valence-electron chi connectivity index (χ1n) is 21.9. The topological polar surface area (TPSA) is 51.6 Å². The van der Waals surface area contributed by atoms with Crippen LogP contribution in [0.1, 0.15) is 47.8 Å². The van der Waals surface area contributed by atoms with E-state index in [2.05, 4.69) is 207 Å². The van der Waals surface area contributed by atoms with Crippen LogP contribution in [0.25, 0.3) is 89.0 Å². The van der Waals surface area contributed by atoms with Gasteiger partial charge in [-0.2, -0.15) is 0 Å². The maximum absolute atomic E-state index is 5.30. The van der Waals surface area contributed by atoms with E-state index in [1.54, 1.807) is 0 Å². The van der Waals surface area contributed by atoms with Gasteiger partial charge in [0.15, 0.2) is 5.82 Å². The Morgan fingerprint density at radius 2 is 1.03 bits per heavy atom. The Kier molecular flexibility index (Phi) is 10.0. The number of aryl methyl sites for hydroxylation is 1. The molecule has 3 aromatic heterocycles. The van der Waals surface area contributed by atoms with Crippen LogP contribution in [0.4, 0.5) is 0 Å². The van der Waals surface area contributed by atoms with Crippen LogP contribution in [-0.4, -0.2) is 19.9 Å². The van der Waals surface area contributed by atoms with E-state index in [0.29, 0.717) is 0 Å². The van der Waals surface area contributed by atoms with Crippen LogP contribution in [0.2, 0.25) is 0 Å². The molecule has 11 rings (SSSR count). The molecule has 0 radical (unpaired) electrons. The second-order valence-electron chi connectivity index (χ2n) is 16.6. The molecule has 3 heterocycles. The highest BCUT2D eigenvalue weighted by atomic mass is 14.9. The summed E-state index contributed by atoms with van der Waals surface area (Å²) in [5.41, 5.74) is 18.7. The van der Waals surface area contributed by atoms with Crippen molar-refractivity contribution in [2.24, 2.45) is 0 Å². The Morgan fingerprint density at radius 1 is 0.429 bits per heavy atom. The van der Waals surface area contributed by atoms with E-state index in [1.165, 1.54) is 39.0 Å². The molecule has 63 heavy (non-hydrogen) atoms. The highest BCUT2D eigenvalue weighted by molar-refractivity contribution is 6.05. The van der Waals surface area contributed by atoms with E-state index in [-0.39, 0.29) is 5.92 Å². The lowest BCUT2D eigenvalue weighted by Gasteiger charge is -2.19. The number of aromatic nitrogens is 4. The first-order chi connectivity index (χ1) is 31.1. The molecule has 0 saturated carbocycles. The molecule has 0 N–H and O–H groups in total. The van der Waals surface area contributed by atoms with E-state index in [4.69, 9.17) is 19.9 Å². The number of rotatable bonds is 8. The van der Waals surface area contributed by atoms with E-state index in [0.717, 1.165) is 91.9 Å². The minimum absolute atomic E-state index is 0.224. The summed E-state index contributed by atoms with van der Waals surface area (Å²) in [5, 5.41) is 2.21. The predicted molar refractivity (Wildman–Crippen MR) is 262 cm³/mol. The van der Waals surface area contributed by atoms with Crippen molar-refractivity contribution in [3.8, 4) is 56.0 Å². The largest absolute Gasteiger partial charge is 0.245 e. The Labute approximate surface area is 368 Å². The molecule has 0 saturated heterocycles. The Hall–Kier alpha value is -7.82. The first kappa shape index (κ1) is 38.1. The number of nitrogens with zero attached hydrogens (tertiary/aromatic N) is 4. The van der Waals surface area contributed by atoms with Crippen molar-refractivity contribution in [1.82, 2.24) is 19.9 Å². The molecule has 0 bridgehead atoms. The number of hydrogen-bond donors (Lipinski definition) is 0. The van der Waals surface area contributed by atoms with Gasteiger partial charge < -0.3 is 0 Å². The minimum Gasteiger partial charge on any atom is -0.245 e. The first-order valence-corrected chi connectivity index (χ1v) is 21.9. The van der Waals surface area contributed by atoms with Gasteiger partial charge in [-0.25, -0.2) is 19.9 Å². The van der Waals surface area contributed by atoms with Crippen molar-refractivity contribution < 1.29 is 0 Å². The van der Waals surface area contributed by atoms with Crippen LogP contribution < -0.4 is 0 Å². The summed E-state index contributed by atoms with van der Waals surface area (Å²) < 4.78 is 0. The summed E-state index contributed by atoms with van der Waals surface area (Å²) in [7, 11) is 0.